The summed E-state index contributed by atoms with van der Waals surface area (Å²) < 4.78 is 14.6. The topological polar surface area (TPSA) is 43.6 Å². The number of aromatic nitrogens is 4. The van der Waals surface area contributed by atoms with Crippen LogP contribution in [0.3, 0.4) is 0 Å². The average Bonchev–Trinajstić information content (AvgIpc) is 3.08. The molecule has 0 spiro atoms. The van der Waals surface area contributed by atoms with Gasteiger partial charge < -0.3 is 0 Å². The molecule has 1 saturated carbocycles. The Morgan fingerprint density at radius 2 is 2.06 bits per heavy atom. The lowest BCUT2D eigenvalue weighted by Gasteiger charge is -2.02. The molecule has 1 heterocycles. The van der Waals surface area contributed by atoms with E-state index in [-0.39, 0.29) is 5.82 Å². The van der Waals surface area contributed by atoms with Crippen molar-refractivity contribution in [3.8, 4) is 0 Å². The number of tetrazole rings is 1. The minimum absolute atomic E-state index is 0.207. The van der Waals surface area contributed by atoms with E-state index in [1.54, 1.807) is 23.9 Å². The number of rotatable bonds is 4. The molecule has 0 N–H and O–H groups in total. The van der Waals surface area contributed by atoms with Crippen LogP contribution in [-0.2, 0) is 5.75 Å². The van der Waals surface area contributed by atoms with Gasteiger partial charge in [-0.05, 0) is 41.0 Å². The van der Waals surface area contributed by atoms with Crippen molar-refractivity contribution in [1.29, 1.82) is 0 Å². The first-order valence-electron chi connectivity index (χ1n) is 5.48. The van der Waals surface area contributed by atoms with E-state index in [2.05, 4.69) is 15.5 Å². The first kappa shape index (κ1) is 10.7. The molecule has 0 amide bonds. The largest absolute Gasteiger partial charge is 0.217 e. The monoisotopic (exact) mass is 250 g/mol. The van der Waals surface area contributed by atoms with Gasteiger partial charge in [0.25, 0.3) is 0 Å². The van der Waals surface area contributed by atoms with Crippen LogP contribution in [0.25, 0.3) is 0 Å². The lowest BCUT2D eigenvalue weighted by Crippen LogP contribution is -1.98. The summed E-state index contributed by atoms with van der Waals surface area (Å²) in [5.74, 6) is 0.550. The summed E-state index contributed by atoms with van der Waals surface area (Å²) >= 11 is 1.59. The minimum Gasteiger partial charge on any atom is -0.217 e. The molecule has 0 aliphatic heterocycles. The SMILES string of the molecule is Fc1ccc(CSc2nnnn2C2CC2)cc1. The molecule has 2 aromatic rings. The third-order valence-corrected chi connectivity index (χ3v) is 3.64. The standard InChI is InChI=1S/C11H11FN4S/c12-9-3-1-8(2-4-9)7-17-11-13-14-15-16(11)10-5-6-10/h1-4,10H,5-7H2. The molecule has 1 aromatic heterocycles. The number of thioether (sulfide) groups is 1. The van der Waals surface area contributed by atoms with Crippen molar-refractivity contribution in [2.45, 2.75) is 29.8 Å². The van der Waals surface area contributed by atoms with Gasteiger partial charge in [-0.1, -0.05) is 23.9 Å². The molecule has 3 rings (SSSR count). The summed E-state index contributed by atoms with van der Waals surface area (Å²) in [7, 11) is 0. The highest BCUT2D eigenvalue weighted by Gasteiger charge is 2.27. The van der Waals surface area contributed by atoms with E-state index < -0.39 is 0 Å². The molecule has 1 aromatic carbocycles. The zero-order chi connectivity index (χ0) is 11.7. The zero-order valence-corrected chi connectivity index (χ0v) is 9.90. The third-order valence-electron chi connectivity index (χ3n) is 2.64. The number of hydrogen-bond acceptors (Lipinski definition) is 4. The summed E-state index contributed by atoms with van der Waals surface area (Å²) in [6.45, 7) is 0. The van der Waals surface area contributed by atoms with Crippen molar-refractivity contribution in [3.05, 3.63) is 35.6 Å². The highest BCUT2D eigenvalue weighted by Crippen LogP contribution is 2.36. The molecular formula is C11H11FN4S. The molecule has 1 aliphatic rings. The molecule has 6 heteroatoms. The fraction of sp³-hybridized carbons (Fsp3) is 0.364. The van der Waals surface area contributed by atoms with Crippen LogP contribution in [0.1, 0.15) is 24.4 Å². The normalized spacial score (nSPS) is 15.1. The van der Waals surface area contributed by atoms with Gasteiger partial charge in [-0.2, -0.15) is 0 Å². The minimum atomic E-state index is -0.207. The van der Waals surface area contributed by atoms with Crippen molar-refractivity contribution < 1.29 is 4.39 Å². The highest BCUT2D eigenvalue weighted by atomic mass is 32.2. The Morgan fingerprint density at radius 1 is 1.29 bits per heavy atom. The highest BCUT2D eigenvalue weighted by molar-refractivity contribution is 7.98. The average molecular weight is 250 g/mol. The summed E-state index contributed by atoms with van der Waals surface area (Å²) in [4.78, 5) is 0. The predicted octanol–water partition coefficient (Wildman–Crippen LogP) is 2.44. The lowest BCUT2D eigenvalue weighted by atomic mass is 10.2. The fourth-order valence-electron chi connectivity index (χ4n) is 1.56. The van der Waals surface area contributed by atoms with Crippen LogP contribution in [0.4, 0.5) is 4.39 Å². The van der Waals surface area contributed by atoms with Gasteiger partial charge in [0.1, 0.15) is 5.82 Å². The summed E-state index contributed by atoms with van der Waals surface area (Å²) in [5, 5.41) is 12.5. The Bertz CT molecular complexity index is 506. The first-order chi connectivity index (χ1) is 8.33. The van der Waals surface area contributed by atoms with Gasteiger partial charge in [0, 0.05) is 5.75 Å². The second-order valence-electron chi connectivity index (χ2n) is 4.05. The van der Waals surface area contributed by atoms with Crippen molar-refractivity contribution in [2.75, 3.05) is 0 Å². The van der Waals surface area contributed by atoms with Crippen LogP contribution in [-0.4, -0.2) is 20.2 Å². The Labute approximate surface area is 102 Å². The van der Waals surface area contributed by atoms with E-state index in [4.69, 9.17) is 0 Å². The quantitative estimate of drug-likeness (QED) is 0.782. The summed E-state index contributed by atoms with van der Waals surface area (Å²) in [5.41, 5.74) is 1.07. The first-order valence-corrected chi connectivity index (χ1v) is 6.46. The van der Waals surface area contributed by atoms with Gasteiger partial charge in [-0.15, -0.1) is 5.10 Å². The number of halogens is 1. The van der Waals surface area contributed by atoms with Crippen molar-refractivity contribution in [2.24, 2.45) is 0 Å². The summed E-state index contributed by atoms with van der Waals surface area (Å²) in [6.07, 6.45) is 2.32. The number of nitrogens with zero attached hydrogens (tertiary/aromatic N) is 4. The van der Waals surface area contributed by atoms with Gasteiger partial charge in [-0.25, -0.2) is 9.07 Å². The molecule has 88 valence electrons. The van der Waals surface area contributed by atoms with Crippen LogP contribution in [0.2, 0.25) is 0 Å². The summed E-state index contributed by atoms with van der Waals surface area (Å²) in [6, 6.07) is 7.00. The second-order valence-corrected chi connectivity index (χ2v) is 4.99. The van der Waals surface area contributed by atoms with Crippen molar-refractivity contribution in [3.63, 3.8) is 0 Å². The third kappa shape index (κ3) is 2.46. The van der Waals surface area contributed by atoms with Gasteiger partial charge >= 0.3 is 0 Å². The van der Waals surface area contributed by atoms with E-state index in [0.29, 0.717) is 6.04 Å². The van der Waals surface area contributed by atoms with E-state index in [9.17, 15) is 4.39 Å². The number of benzene rings is 1. The van der Waals surface area contributed by atoms with Crippen LogP contribution in [0.15, 0.2) is 29.4 Å². The molecule has 0 unspecified atom stereocenters. The van der Waals surface area contributed by atoms with Crippen LogP contribution in [0.5, 0.6) is 0 Å². The maximum atomic E-state index is 12.7. The Balaban J connectivity index is 1.67. The van der Waals surface area contributed by atoms with Gasteiger partial charge in [0.05, 0.1) is 6.04 Å². The second kappa shape index (κ2) is 4.44. The van der Waals surface area contributed by atoms with Gasteiger partial charge in [-0.3, -0.25) is 0 Å². The molecule has 0 saturated heterocycles. The maximum absolute atomic E-state index is 12.7. The maximum Gasteiger partial charge on any atom is 0.209 e. The van der Waals surface area contributed by atoms with E-state index in [1.807, 2.05) is 4.68 Å². The lowest BCUT2D eigenvalue weighted by molar-refractivity contribution is 0.565. The molecule has 1 aliphatic carbocycles. The predicted molar refractivity (Wildman–Crippen MR) is 62.0 cm³/mol. The Hall–Kier alpha value is -1.43. The molecule has 1 fully saturated rings. The number of hydrogen-bond donors (Lipinski definition) is 0. The van der Waals surface area contributed by atoms with E-state index >= 15 is 0 Å². The van der Waals surface area contributed by atoms with Crippen LogP contribution < -0.4 is 0 Å². The Morgan fingerprint density at radius 3 is 2.76 bits per heavy atom. The molecule has 0 radical (unpaired) electrons. The van der Waals surface area contributed by atoms with Crippen molar-refractivity contribution in [1.82, 2.24) is 20.2 Å². The van der Waals surface area contributed by atoms with Crippen LogP contribution in [0, 0.1) is 5.82 Å². The molecule has 0 atom stereocenters. The van der Waals surface area contributed by atoms with E-state index in [1.165, 1.54) is 12.1 Å². The van der Waals surface area contributed by atoms with Gasteiger partial charge in [0.15, 0.2) is 0 Å². The molecule has 17 heavy (non-hydrogen) atoms. The zero-order valence-electron chi connectivity index (χ0n) is 9.08. The van der Waals surface area contributed by atoms with Crippen LogP contribution >= 0.6 is 11.8 Å². The molecule has 4 nitrogen and oxygen atoms in total. The molecular weight excluding hydrogens is 239 g/mol. The molecule has 0 bridgehead atoms. The smallest absolute Gasteiger partial charge is 0.209 e. The fourth-order valence-corrected chi connectivity index (χ4v) is 2.46. The van der Waals surface area contributed by atoms with E-state index in [0.717, 1.165) is 29.3 Å². The van der Waals surface area contributed by atoms with Gasteiger partial charge in [0.2, 0.25) is 5.16 Å². The van der Waals surface area contributed by atoms with Crippen molar-refractivity contribution >= 4 is 11.8 Å². The Kier molecular flexibility index (Phi) is 2.80.